The number of carbonyl (C=O) groups is 1. The third-order valence-electron chi connectivity index (χ3n) is 4.70. The number of aliphatic hydroxyl groups is 3. The number of hydrogen-bond acceptors (Lipinski definition) is 6. The van der Waals surface area contributed by atoms with Crippen molar-refractivity contribution in [2.45, 2.75) is 25.0 Å². The van der Waals surface area contributed by atoms with Gasteiger partial charge in [0.1, 0.15) is 12.2 Å². The Morgan fingerprint density at radius 1 is 1.22 bits per heavy atom. The first kappa shape index (κ1) is 19.1. The quantitative estimate of drug-likeness (QED) is 0.373. The van der Waals surface area contributed by atoms with E-state index in [2.05, 4.69) is 11.0 Å². The minimum absolute atomic E-state index is 0.00393. The number of carbonyl (C=O) groups excluding carboxylic acids is 1. The van der Waals surface area contributed by atoms with Gasteiger partial charge in [0, 0.05) is 30.6 Å². The van der Waals surface area contributed by atoms with Crippen molar-refractivity contribution in [3.63, 3.8) is 0 Å². The predicted molar refractivity (Wildman–Crippen MR) is 103 cm³/mol. The average molecular weight is 366 g/mol. The fourth-order valence-corrected chi connectivity index (χ4v) is 3.00. The first-order valence-corrected chi connectivity index (χ1v) is 8.93. The Bertz CT molecular complexity index is 912. The molecule has 3 N–H and O–H groups in total. The summed E-state index contributed by atoms with van der Waals surface area (Å²) in [6.45, 7) is 1.49. The van der Waals surface area contributed by atoms with Gasteiger partial charge in [-0.2, -0.15) is 5.26 Å². The van der Waals surface area contributed by atoms with E-state index < -0.39 is 24.6 Å². The fourth-order valence-electron chi connectivity index (χ4n) is 3.00. The highest BCUT2D eigenvalue weighted by Gasteiger charge is 2.20. The van der Waals surface area contributed by atoms with E-state index >= 15 is 0 Å². The molecule has 0 aromatic heterocycles. The van der Waals surface area contributed by atoms with Crippen LogP contribution < -0.4 is 4.90 Å². The molecule has 6 nitrogen and oxygen atoms in total. The number of benzene rings is 2. The molecule has 27 heavy (non-hydrogen) atoms. The van der Waals surface area contributed by atoms with Crippen LogP contribution in [-0.2, 0) is 4.79 Å². The van der Waals surface area contributed by atoms with Crippen molar-refractivity contribution in [2.75, 3.05) is 24.6 Å². The molecule has 0 amide bonds. The molecule has 0 saturated carbocycles. The number of Topliss-reactive ketones (excluding diaryl/α,β-unsaturated/α-hetero) is 1. The van der Waals surface area contributed by atoms with Crippen molar-refractivity contribution >= 4 is 28.3 Å². The first-order valence-electron chi connectivity index (χ1n) is 8.93. The molecule has 0 bridgehead atoms. The fraction of sp³-hybridized carbons (Fsp3) is 0.333. The summed E-state index contributed by atoms with van der Waals surface area (Å²) < 4.78 is 0. The minimum atomic E-state index is -1.29. The maximum absolute atomic E-state index is 12.3. The molecule has 140 valence electrons. The van der Waals surface area contributed by atoms with Crippen LogP contribution in [0.1, 0.15) is 18.4 Å². The van der Waals surface area contributed by atoms with Crippen LogP contribution in [0.5, 0.6) is 0 Å². The van der Waals surface area contributed by atoms with E-state index in [4.69, 9.17) is 5.11 Å². The number of nitriles is 1. The SMILES string of the molecule is N#C/C(=C\c1ccc2cccc(N3CC3)c2c1)C(=O)CCC(O)C(O)CO. The van der Waals surface area contributed by atoms with Gasteiger partial charge in [0.15, 0.2) is 5.78 Å². The molecule has 6 heteroatoms. The molecule has 3 rings (SSSR count). The molecule has 1 fully saturated rings. The van der Waals surface area contributed by atoms with Crippen LogP contribution >= 0.6 is 0 Å². The number of allylic oxidation sites excluding steroid dienone is 1. The standard InChI is InChI=1S/C21H22N2O4/c22-12-16(19(25)6-7-20(26)21(27)13-24)10-14-4-5-15-2-1-3-18(17(15)11-14)23-8-9-23/h1-5,10-11,20-21,24,26-27H,6-9,13H2/b16-10+. The van der Waals surface area contributed by atoms with E-state index in [-0.39, 0.29) is 18.4 Å². The van der Waals surface area contributed by atoms with Crippen molar-refractivity contribution in [2.24, 2.45) is 0 Å². The number of nitrogens with zero attached hydrogens (tertiary/aromatic N) is 2. The molecule has 2 aromatic carbocycles. The van der Waals surface area contributed by atoms with Gasteiger partial charge in [0.2, 0.25) is 0 Å². The summed E-state index contributed by atoms with van der Waals surface area (Å²) >= 11 is 0. The van der Waals surface area contributed by atoms with Gasteiger partial charge < -0.3 is 20.2 Å². The highest BCUT2D eigenvalue weighted by Crippen LogP contribution is 2.31. The van der Waals surface area contributed by atoms with Gasteiger partial charge in [-0.3, -0.25) is 4.79 Å². The number of hydrogen-bond donors (Lipinski definition) is 3. The van der Waals surface area contributed by atoms with Crippen LogP contribution in [-0.4, -0.2) is 53.0 Å². The van der Waals surface area contributed by atoms with Gasteiger partial charge in [0.05, 0.1) is 18.3 Å². The molecule has 1 aliphatic rings. The van der Waals surface area contributed by atoms with E-state index in [0.29, 0.717) is 0 Å². The molecular formula is C21H22N2O4. The Morgan fingerprint density at radius 3 is 2.67 bits per heavy atom. The summed E-state index contributed by atoms with van der Waals surface area (Å²) in [4.78, 5) is 14.5. The Hall–Kier alpha value is -2.72. The van der Waals surface area contributed by atoms with Crippen LogP contribution in [0.2, 0.25) is 0 Å². The molecule has 1 saturated heterocycles. The second kappa shape index (κ2) is 8.31. The van der Waals surface area contributed by atoms with E-state index in [0.717, 1.165) is 35.1 Å². The number of aliphatic hydroxyl groups excluding tert-OH is 3. The van der Waals surface area contributed by atoms with Gasteiger partial charge in [0.25, 0.3) is 0 Å². The molecule has 2 aromatic rings. The molecule has 0 radical (unpaired) electrons. The van der Waals surface area contributed by atoms with Crippen molar-refractivity contribution in [1.29, 1.82) is 5.26 Å². The molecule has 0 spiro atoms. The van der Waals surface area contributed by atoms with E-state index in [1.807, 2.05) is 36.4 Å². The number of fused-ring (bicyclic) bond motifs is 1. The second-order valence-corrected chi connectivity index (χ2v) is 6.69. The van der Waals surface area contributed by atoms with E-state index in [9.17, 15) is 20.3 Å². The van der Waals surface area contributed by atoms with Crippen molar-refractivity contribution < 1.29 is 20.1 Å². The highest BCUT2D eigenvalue weighted by atomic mass is 16.4. The normalized spacial score (nSPS) is 16.1. The molecule has 2 unspecified atom stereocenters. The van der Waals surface area contributed by atoms with Crippen LogP contribution in [0, 0.1) is 11.3 Å². The maximum atomic E-state index is 12.3. The second-order valence-electron chi connectivity index (χ2n) is 6.69. The van der Waals surface area contributed by atoms with Crippen molar-refractivity contribution in [3.8, 4) is 6.07 Å². The van der Waals surface area contributed by atoms with Crippen LogP contribution in [0.25, 0.3) is 16.8 Å². The van der Waals surface area contributed by atoms with Gasteiger partial charge in [-0.25, -0.2) is 0 Å². The number of anilines is 1. The highest BCUT2D eigenvalue weighted by molar-refractivity contribution is 6.04. The molecule has 2 atom stereocenters. The zero-order valence-corrected chi connectivity index (χ0v) is 14.9. The number of ketones is 1. The molecular weight excluding hydrogens is 344 g/mol. The molecule has 1 heterocycles. The minimum Gasteiger partial charge on any atom is -0.394 e. The molecule has 1 aliphatic heterocycles. The van der Waals surface area contributed by atoms with E-state index in [1.165, 1.54) is 0 Å². The smallest absolute Gasteiger partial charge is 0.173 e. The van der Waals surface area contributed by atoms with Gasteiger partial charge in [-0.15, -0.1) is 0 Å². The zero-order chi connectivity index (χ0) is 19.4. The zero-order valence-electron chi connectivity index (χ0n) is 14.9. The third kappa shape index (κ3) is 4.52. The summed E-state index contributed by atoms with van der Waals surface area (Å²) in [5.41, 5.74) is 1.91. The Labute approximate surface area is 157 Å². The van der Waals surface area contributed by atoms with Crippen LogP contribution in [0.15, 0.2) is 42.0 Å². The largest absolute Gasteiger partial charge is 0.394 e. The Kier molecular flexibility index (Phi) is 5.87. The summed E-state index contributed by atoms with van der Waals surface area (Å²) in [6, 6.07) is 13.8. The van der Waals surface area contributed by atoms with Crippen molar-refractivity contribution in [3.05, 3.63) is 47.5 Å². The van der Waals surface area contributed by atoms with Crippen LogP contribution in [0.3, 0.4) is 0 Å². The third-order valence-corrected chi connectivity index (χ3v) is 4.70. The first-order chi connectivity index (χ1) is 13.0. The Morgan fingerprint density at radius 2 is 2.00 bits per heavy atom. The summed E-state index contributed by atoms with van der Waals surface area (Å²) in [6.07, 6.45) is -1.03. The number of rotatable bonds is 8. The monoisotopic (exact) mass is 366 g/mol. The Balaban J connectivity index is 1.80. The molecule has 0 aliphatic carbocycles. The summed E-state index contributed by atoms with van der Waals surface area (Å²) in [7, 11) is 0. The lowest BCUT2D eigenvalue weighted by Crippen LogP contribution is -2.29. The van der Waals surface area contributed by atoms with Gasteiger partial charge in [-0.05, 0) is 35.6 Å². The topological polar surface area (TPSA) is 105 Å². The van der Waals surface area contributed by atoms with Gasteiger partial charge in [-0.1, -0.05) is 24.3 Å². The maximum Gasteiger partial charge on any atom is 0.173 e. The van der Waals surface area contributed by atoms with E-state index in [1.54, 1.807) is 6.08 Å². The lowest BCUT2D eigenvalue weighted by Gasteiger charge is -2.14. The summed E-state index contributed by atoms with van der Waals surface area (Å²) in [5, 5.41) is 39.3. The summed E-state index contributed by atoms with van der Waals surface area (Å²) in [5.74, 6) is -0.402. The average Bonchev–Trinajstić information content (AvgIpc) is 3.53. The predicted octanol–water partition coefficient (Wildman–Crippen LogP) is 1.63. The van der Waals surface area contributed by atoms with Crippen molar-refractivity contribution in [1.82, 2.24) is 0 Å². The van der Waals surface area contributed by atoms with Crippen LogP contribution in [0.4, 0.5) is 5.69 Å². The van der Waals surface area contributed by atoms with Gasteiger partial charge >= 0.3 is 0 Å². The lowest BCUT2D eigenvalue weighted by atomic mass is 9.99. The lowest BCUT2D eigenvalue weighted by molar-refractivity contribution is -0.116.